The van der Waals surface area contributed by atoms with Crippen molar-refractivity contribution in [3.63, 3.8) is 0 Å². The first-order valence-electron chi connectivity index (χ1n) is 8.87. The van der Waals surface area contributed by atoms with Crippen molar-refractivity contribution < 1.29 is 14.6 Å². The van der Waals surface area contributed by atoms with Gasteiger partial charge in [0.2, 0.25) is 5.91 Å². The molecular formula is C21H25NO3. The Balaban J connectivity index is 1.41. The van der Waals surface area contributed by atoms with Crippen molar-refractivity contribution in [3.8, 4) is 0 Å². The van der Waals surface area contributed by atoms with Gasteiger partial charge >= 0.3 is 0 Å². The number of aliphatic hydroxyl groups is 1. The summed E-state index contributed by atoms with van der Waals surface area (Å²) in [6.45, 7) is 1.66. The number of nitrogens with one attached hydrogen (secondary N) is 1. The Hall–Kier alpha value is -2.17. The van der Waals surface area contributed by atoms with E-state index in [0.717, 1.165) is 36.0 Å². The quantitative estimate of drug-likeness (QED) is 0.814. The minimum Gasteiger partial charge on any atom is -0.392 e. The number of hydrogen-bond acceptors (Lipinski definition) is 3. The molecule has 1 aliphatic carbocycles. The first-order chi connectivity index (χ1) is 12.2. The van der Waals surface area contributed by atoms with E-state index in [1.807, 2.05) is 54.6 Å². The molecule has 2 atom stereocenters. The Kier molecular flexibility index (Phi) is 6.20. The van der Waals surface area contributed by atoms with Gasteiger partial charge in [0.1, 0.15) is 0 Å². The molecule has 1 amide bonds. The highest BCUT2D eigenvalue weighted by Crippen LogP contribution is 2.25. The van der Waals surface area contributed by atoms with E-state index in [-0.39, 0.29) is 11.8 Å². The maximum Gasteiger partial charge on any atom is 0.225 e. The van der Waals surface area contributed by atoms with Crippen LogP contribution in [-0.2, 0) is 29.3 Å². The summed E-state index contributed by atoms with van der Waals surface area (Å²) < 4.78 is 5.73. The van der Waals surface area contributed by atoms with Crippen molar-refractivity contribution in [1.82, 2.24) is 5.32 Å². The van der Waals surface area contributed by atoms with Gasteiger partial charge in [-0.3, -0.25) is 4.79 Å². The molecule has 0 aliphatic heterocycles. The fourth-order valence-corrected chi connectivity index (χ4v) is 3.18. The van der Waals surface area contributed by atoms with Crippen LogP contribution in [0.1, 0.15) is 36.0 Å². The first-order valence-corrected chi connectivity index (χ1v) is 8.87. The third-order valence-corrected chi connectivity index (χ3v) is 4.69. The van der Waals surface area contributed by atoms with Gasteiger partial charge in [-0.25, -0.2) is 0 Å². The highest BCUT2D eigenvalue weighted by Gasteiger charge is 2.31. The summed E-state index contributed by atoms with van der Waals surface area (Å²) in [5.41, 5.74) is 3.32. The zero-order chi connectivity index (χ0) is 17.5. The average Bonchev–Trinajstić information content (AvgIpc) is 3.08. The predicted molar refractivity (Wildman–Crippen MR) is 96.6 cm³/mol. The Bertz CT molecular complexity index is 669. The fourth-order valence-electron chi connectivity index (χ4n) is 3.18. The van der Waals surface area contributed by atoms with Gasteiger partial charge in [-0.05, 0) is 36.0 Å². The molecule has 3 rings (SSSR count). The molecule has 2 aromatic rings. The van der Waals surface area contributed by atoms with Crippen LogP contribution >= 0.6 is 0 Å². The molecular weight excluding hydrogens is 314 g/mol. The lowest BCUT2D eigenvalue weighted by Crippen LogP contribution is -2.34. The monoisotopic (exact) mass is 339 g/mol. The minimum atomic E-state index is -0.482. The van der Waals surface area contributed by atoms with Crippen LogP contribution in [0.4, 0.5) is 0 Å². The van der Waals surface area contributed by atoms with Crippen molar-refractivity contribution in [3.05, 3.63) is 71.3 Å². The van der Waals surface area contributed by atoms with Gasteiger partial charge in [0.15, 0.2) is 0 Å². The van der Waals surface area contributed by atoms with Crippen LogP contribution in [0.15, 0.2) is 54.6 Å². The summed E-state index contributed by atoms with van der Waals surface area (Å²) in [7, 11) is 0. The summed E-state index contributed by atoms with van der Waals surface area (Å²) in [6.07, 6.45) is 1.96. The van der Waals surface area contributed by atoms with Gasteiger partial charge in [0.05, 0.1) is 25.2 Å². The fraction of sp³-hybridized carbons (Fsp3) is 0.381. The zero-order valence-corrected chi connectivity index (χ0v) is 14.4. The van der Waals surface area contributed by atoms with Crippen molar-refractivity contribution in [2.45, 2.75) is 45.1 Å². The van der Waals surface area contributed by atoms with Crippen molar-refractivity contribution in [2.75, 3.05) is 0 Å². The zero-order valence-electron chi connectivity index (χ0n) is 14.4. The third kappa shape index (κ3) is 5.15. The van der Waals surface area contributed by atoms with Gasteiger partial charge < -0.3 is 15.2 Å². The molecule has 4 heteroatoms. The third-order valence-electron chi connectivity index (χ3n) is 4.69. The molecule has 132 valence electrons. The standard InChI is InChI=1S/C21H25NO3/c23-20-8-4-7-19(20)21(24)22-13-16-9-11-18(12-10-16)15-25-14-17-5-2-1-3-6-17/h1-3,5-6,9-12,19-20,23H,4,7-8,13-15H2,(H,22,24). The van der Waals surface area contributed by atoms with Crippen LogP contribution in [-0.4, -0.2) is 17.1 Å². The Morgan fingerprint density at radius 1 is 0.960 bits per heavy atom. The second kappa shape index (κ2) is 8.79. The second-order valence-corrected chi connectivity index (χ2v) is 6.62. The highest BCUT2D eigenvalue weighted by atomic mass is 16.5. The molecule has 0 bridgehead atoms. The number of rotatable bonds is 7. The number of carbonyl (C=O) groups is 1. The molecule has 0 spiro atoms. The molecule has 1 saturated carbocycles. The number of amides is 1. The molecule has 0 heterocycles. The van der Waals surface area contributed by atoms with Crippen molar-refractivity contribution in [1.29, 1.82) is 0 Å². The molecule has 2 unspecified atom stereocenters. The number of carbonyl (C=O) groups excluding carboxylic acids is 1. The van der Waals surface area contributed by atoms with Gasteiger partial charge in [-0.2, -0.15) is 0 Å². The van der Waals surface area contributed by atoms with E-state index in [4.69, 9.17) is 4.74 Å². The smallest absolute Gasteiger partial charge is 0.225 e. The highest BCUT2D eigenvalue weighted by molar-refractivity contribution is 5.79. The first kappa shape index (κ1) is 17.6. The summed E-state index contributed by atoms with van der Waals surface area (Å²) in [5.74, 6) is -0.286. The second-order valence-electron chi connectivity index (χ2n) is 6.62. The Morgan fingerprint density at radius 2 is 1.60 bits per heavy atom. The Morgan fingerprint density at radius 3 is 2.24 bits per heavy atom. The van der Waals surface area contributed by atoms with E-state index in [9.17, 15) is 9.90 Å². The van der Waals surface area contributed by atoms with E-state index < -0.39 is 6.10 Å². The molecule has 0 aromatic heterocycles. The summed E-state index contributed by atoms with van der Waals surface area (Å²) >= 11 is 0. The largest absolute Gasteiger partial charge is 0.392 e. The molecule has 2 aromatic carbocycles. The number of benzene rings is 2. The van der Waals surface area contributed by atoms with Crippen molar-refractivity contribution in [2.24, 2.45) is 5.92 Å². The summed E-state index contributed by atoms with van der Waals surface area (Å²) in [6, 6.07) is 18.2. The van der Waals surface area contributed by atoms with Crippen LogP contribution in [0.5, 0.6) is 0 Å². The van der Waals surface area contributed by atoms with Crippen LogP contribution in [0.3, 0.4) is 0 Å². The maximum atomic E-state index is 12.1. The molecule has 1 fully saturated rings. The Labute approximate surface area is 148 Å². The topological polar surface area (TPSA) is 58.6 Å². The van der Waals surface area contributed by atoms with E-state index in [1.54, 1.807) is 0 Å². The number of ether oxygens (including phenoxy) is 1. The minimum absolute atomic E-state index is 0.0414. The predicted octanol–water partition coefficient (Wildman–Crippen LogP) is 3.18. The lowest BCUT2D eigenvalue weighted by molar-refractivity contribution is -0.127. The van der Waals surface area contributed by atoms with Crippen molar-refractivity contribution >= 4 is 5.91 Å². The average molecular weight is 339 g/mol. The van der Waals surface area contributed by atoms with Crippen LogP contribution in [0.25, 0.3) is 0 Å². The molecule has 4 nitrogen and oxygen atoms in total. The van der Waals surface area contributed by atoms with E-state index >= 15 is 0 Å². The van der Waals surface area contributed by atoms with E-state index in [2.05, 4.69) is 5.32 Å². The SMILES string of the molecule is O=C(NCc1ccc(COCc2ccccc2)cc1)C1CCCC1O. The molecule has 2 N–H and O–H groups in total. The normalized spacial score (nSPS) is 19.7. The molecule has 0 saturated heterocycles. The molecule has 0 radical (unpaired) electrons. The van der Waals surface area contributed by atoms with Gasteiger partial charge in [-0.15, -0.1) is 0 Å². The van der Waals surface area contributed by atoms with Crippen LogP contribution < -0.4 is 5.32 Å². The van der Waals surface area contributed by atoms with Crippen LogP contribution in [0, 0.1) is 5.92 Å². The van der Waals surface area contributed by atoms with Gasteiger partial charge in [-0.1, -0.05) is 54.6 Å². The molecule has 1 aliphatic rings. The maximum absolute atomic E-state index is 12.1. The van der Waals surface area contributed by atoms with Gasteiger partial charge in [0.25, 0.3) is 0 Å². The van der Waals surface area contributed by atoms with Gasteiger partial charge in [0, 0.05) is 6.54 Å². The van der Waals surface area contributed by atoms with E-state index in [0.29, 0.717) is 19.8 Å². The lowest BCUT2D eigenvalue weighted by atomic mass is 10.1. The lowest BCUT2D eigenvalue weighted by Gasteiger charge is -2.14. The number of aliphatic hydroxyl groups excluding tert-OH is 1. The molecule has 25 heavy (non-hydrogen) atoms. The summed E-state index contributed by atoms with van der Waals surface area (Å²) in [5, 5.41) is 12.7. The van der Waals surface area contributed by atoms with Crippen LogP contribution in [0.2, 0.25) is 0 Å². The number of hydrogen-bond donors (Lipinski definition) is 2. The van der Waals surface area contributed by atoms with E-state index in [1.165, 1.54) is 0 Å². The summed E-state index contributed by atoms with van der Waals surface area (Å²) in [4.78, 5) is 12.1.